The number of aliphatic hydroxyl groups excluding tert-OH is 2. The first kappa shape index (κ1) is 34.4. The largest absolute Gasteiger partial charge is 0.508 e. The van der Waals surface area contributed by atoms with Gasteiger partial charge >= 0.3 is 17.9 Å². The van der Waals surface area contributed by atoms with Crippen molar-refractivity contribution in [2.45, 2.75) is 81.3 Å². The van der Waals surface area contributed by atoms with Gasteiger partial charge in [-0.1, -0.05) is 30.3 Å². The second-order valence-corrected chi connectivity index (χ2v) is 13.7. The fourth-order valence-corrected chi connectivity index (χ4v) is 8.42. The van der Waals surface area contributed by atoms with Gasteiger partial charge in [-0.05, 0) is 68.5 Å². The third kappa shape index (κ3) is 6.38. The number of phenolic OH excluding ortho intramolecular Hbond substituents is 1. The van der Waals surface area contributed by atoms with Gasteiger partial charge < -0.3 is 39.9 Å². The molecule has 2 aromatic carbocycles. The lowest BCUT2D eigenvalue weighted by Crippen LogP contribution is -2.69. The van der Waals surface area contributed by atoms with Crippen molar-refractivity contribution in [2.75, 3.05) is 20.1 Å². The fraction of sp³-hybridized carbons (Fsp3) is 0.500. The second-order valence-electron chi connectivity index (χ2n) is 13.7. The predicted molar refractivity (Wildman–Crippen MR) is 174 cm³/mol. The summed E-state index contributed by atoms with van der Waals surface area (Å²) in [6, 6.07) is 11.6. The third-order valence-corrected chi connectivity index (χ3v) is 10.8. The number of carboxylic acids is 2. The number of esters is 1. The summed E-state index contributed by atoms with van der Waals surface area (Å²) in [6.07, 6.45) is 4.87. The highest BCUT2D eigenvalue weighted by Gasteiger charge is 2.67. The molecule has 7 atom stereocenters. The number of aliphatic hydroxyl groups is 2. The number of ether oxygens (including phenoxy) is 2. The van der Waals surface area contributed by atoms with Crippen LogP contribution in [0.2, 0.25) is 0 Å². The number of amides is 1. The van der Waals surface area contributed by atoms with Crippen LogP contribution in [0.5, 0.6) is 17.2 Å². The quantitative estimate of drug-likeness (QED) is 0.148. The van der Waals surface area contributed by atoms with Crippen LogP contribution < -0.4 is 9.47 Å². The van der Waals surface area contributed by atoms with E-state index in [0.29, 0.717) is 17.7 Å². The van der Waals surface area contributed by atoms with E-state index in [0.717, 1.165) is 61.4 Å². The van der Waals surface area contributed by atoms with E-state index in [-0.39, 0.29) is 35.0 Å². The Labute approximate surface area is 283 Å². The van der Waals surface area contributed by atoms with Crippen molar-refractivity contribution in [3.8, 4) is 17.2 Å². The SMILES string of the molecule is CC(=O)Oc1cc(O)c2c3c1O[C@H]1[C@H](N(C)C(=O)C=Cc4ccccc4)CC[C@H]4[C@@H](C2)N(CC2CC2)CC[C@@]341.O=C(O)C(O)C(O)C(=O)O. The normalized spacial score (nSPS) is 27.5. The van der Waals surface area contributed by atoms with Gasteiger partial charge in [-0.15, -0.1) is 0 Å². The van der Waals surface area contributed by atoms with E-state index < -0.39 is 30.1 Å². The van der Waals surface area contributed by atoms with Crippen molar-refractivity contribution in [1.82, 2.24) is 9.80 Å². The van der Waals surface area contributed by atoms with Gasteiger partial charge in [0.2, 0.25) is 5.91 Å². The topological polar surface area (TPSA) is 194 Å². The number of piperidine rings is 1. The molecule has 0 aromatic heterocycles. The minimum absolute atomic E-state index is 0.0555. The summed E-state index contributed by atoms with van der Waals surface area (Å²) >= 11 is 0. The molecule has 2 bridgehead atoms. The Kier molecular flexibility index (Phi) is 9.44. The number of aliphatic carboxylic acids is 2. The summed E-state index contributed by atoms with van der Waals surface area (Å²) in [5.41, 5.74) is 2.63. The van der Waals surface area contributed by atoms with E-state index >= 15 is 0 Å². The fourth-order valence-electron chi connectivity index (χ4n) is 8.42. The lowest BCUT2D eigenvalue weighted by Gasteiger charge is -2.60. The van der Waals surface area contributed by atoms with E-state index in [1.165, 1.54) is 19.8 Å². The summed E-state index contributed by atoms with van der Waals surface area (Å²) < 4.78 is 12.4. The minimum atomic E-state index is -2.27. The van der Waals surface area contributed by atoms with Crippen LogP contribution in [0, 0.1) is 11.8 Å². The van der Waals surface area contributed by atoms with Gasteiger partial charge in [-0.2, -0.15) is 0 Å². The van der Waals surface area contributed by atoms with Gasteiger partial charge in [0.1, 0.15) is 11.9 Å². The zero-order chi connectivity index (χ0) is 35.2. The molecular weight excluding hydrogens is 636 g/mol. The number of likely N-dealkylation sites (tertiary alicyclic amines) is 1. The number of carbonyl (C=O) groups is 4. The van der Waals surface area contributed by atoms with E-state index in [1.807, 2.05) is 48.4 Å². The third-order valence-electron chi connectivity index (χ3n) is 10.8. The summed E-state index contributed by atoms with van der Waals surface area (Å²) in [6.45, 7) is 3.48. The number of carboxylic acid groups (broad SMARTS) is 2. The summed E-state index contributed by atoms with van der Waals surface area (Å²) in [7, 11) is 1.87. The molecule has 5 aliphatic rings. The van der Waals surface area contributed by atoms with Gasteiger partial charge in [-0.3, -0.25) is 14.5 Å². The van der Waals surface area contributed by atoms with Crippen LogP contribution in [-0.2, 0) is 31.0 Å². The zero-order valence-electron chi connectivity index (χ0n) is 27.4. The number of carbonyl (C=O) groups excluding carboxylic acids is 2. The summed E-state index contributed by atoms with van der Waals surface area (Å²) in [5, 5.41) is 43.7. The molecule has 262 valence electrons. The molecule has 7 rings (SSSR count). The Bertz CT molecular complexity index is 1640. The van der Waals surface area contributed by atoms with Gasteiger partial charge in [-0.25, -0.2) is 9.59 Å². The van der Waals surface area contributed by atoms with Crippen molar-refractivity contribution in [2.24, 2.45) is 11.8 Å². The molecule has 1 spiro atoms. The Morgan fingerprint density at radius 3 is 2.35 bits per heavy atom. The average molecular weight is 679 g/mol. The lowest BCUT2D eigenvalue weighted by molar-refractivity contribution is -0.165. The van der Waals surface area contributed by atoms with Gasteiger partial charge in [0.15, 0.2) is 23.7 Å². The average Bonchev–Trinajstić information content (AvgIpc) is 3.83. The number of hydrogen-bond donors (Lipinski definition) is 5. The molecule has 2 saturated carbocycles. The summed E-state index contributed by atoms with van der Waals surface area (Å²) in [5.74, 6) is -1.81. The molecule has 2 aromatic rings. The molecule has 5 N–H and O–H groups in total. The van der Waals surface area contributed by atoms with Gasteiger partial charge in [0, 0.05) is 55.2 Å². The van der Waals surface area contributed by atoms with Crippen LogP contribution in [0.4, 0.5) is 0 Å². The first-order valence-electron chi connectivity index (χ1n) is 16.6. The Morgan fingerprint density at radius 2 is 1.73 bits per heavy atom. The van der Waals surface area contributed by atoms with Crippen LogP contribution in [-0.4, -0.2) is 110 Å². The van der Waals surface area contributed by atoms with Crippen LogP contribution >= 0.6 is 0 Å². The lowest BCUT2D eigenvalue weighted by atomic mass is 9.50. The van der Waals surface area contributed by atoms with Crippen molar-refractivity contribution in [3.63, 3.8) is 0 Å². The number of likely N-dealkylation sites (N-methyl/N-ethyl adjacent to an activating group) is 1. The molecule has 3 fully saturated rings. The molecule has 1 amide bonds. The monoisotopic (exact) mass is 678 g/mol. The van der Waals surface area contributed by atoms with Crippen LogP contribution in [0.25, 0.3) is 6.08 Å². The number of hydrogen-bond acceptors (Lipinski definition) is 10. The molecule has 13 nitrogen and oxygen atoms in total. The highest BCUT2D eigenvalue weighted by molar-refractivity contribution is 5.92. The van der Waals surface area contributed by atoms with Crippen molar-refractivity contribution >= 4 is 29.9 Å². The van der Waals surface area contributed by atoms with Gasteiger partial charge in [0.25, 0.3) is 0 Å². The second kappa shape index (κ2) is 13.4. The number of benzene rings is 2. The first-order valence-corrected chi connectivity index (χ1v) is 16.6. The molecule has 3 aliphatic carbocycles. The summed E-state index contributed by atoms with van der Waals surface area (Å²) in [4.78, 5) is 49.5. The van der Waals surface area contributed by atoms with Crippen molar-refractivity contribution in [3.05, 3.63) is 59.2 Å². The van der Waals surface area contributed by atoms with E-state index in [2.05, 4.69) is 4.90 Å². The Hall–Kier alpha value is -4.46. The Morgan fingerprint density at radius 1 is 1.06 bits per heavy atom. The maximum atomic E-state index is 13.4. The van der Waals surface area contributed by atoms with E-state index in [9.17, 15) is 24.3 Å². The zero-order valence-corrected chi connectivity index (χ0v) is 27.4. The number of rotatable bonds is 9. The molecule has 1 saturated heterocycles. The van der Waals surface area contributed by atoms with E-state index in [1.54, 1.807) is 12.1 Å². The Balaban J connectivity index is 0.000000365. The number of nitrogens with zero attached hydrogens (tertiary/aromatic N) is 2. The molecule has 2 heterocycles. The van der Waals surface area contributed by atoms with Gasteiger partial charge in [0.05, 0.1) is 6.04 Å². The first-order chi connectivity index (χ1) is 23.3. The molecule has 2 aliphatic heterocycles. The van der Waals surface area contributed by atoms with Crippen molar-refractivity contribution < 1.29 is 54.2 Å². The highest BCUT2D eigenvalue weighted by atomic mass is 16.6. The van der Waals surface area contributed by atoms with Crippen LogP contribution in [0.15, 0.2) is 42.5 Å². The molecule has 0 radical (unpaired) electrons. The smallest absolute Gasteiger partial charge is 0.335 e. The highest BCUT2D eigenvalue weighted by Crippen LogP contribution is 2.65. The molecule has 13 heteroatoms. The molecule has 2 unspecified atom stereocenters. The van der Waals surface area contributed by atoms with Crippen molar-refractivity contribution in [1.29, 1.82) is 0 Å². The predicted octanol–water partition coefficient (Wildman–Crippen LogP) is 2.18. The van der Waals surface area contributed by atoms with Crippen LogP contribution in [0.1, 0.15) is 55.7 Å². The van der Waals surface area contributed by atoms with Crippen LogP contribution in [0.3, 0.4) is 0 Å². The molecular formula is C36H42N2O11. The molecule has 49 heavy (non-hydrogen) atoms. The maximum Gasteiger partial charge on any atom is 0.335 e. The maximum absolute atomic E-state index is 13.4. The minimum Gasteiger partial charge on any atom is -0.508 e. The number of phenols is 1. The number of aromatic hydroxyl groups is 1. The van der Waals surface area contributed by atoms with E-state index in [4.69, 9.17) is 29.9 Å². The standard InChI is InChI=1S/C32H36N2O5.C4H6O6/c1-19(35)38-27-17-26(36)22-16-25-23-11-12-24(33(2)28(37)13-10-20-6-4-3-5-7-20)31-32(23,29(22)30(27)39-31)14-15-34(25)18-21-8-9-21;5-1(3(7)8)2(6)4(9)10/h3-7,10,13,17,21,23-25,31,36H,8-9,11-12,14-16,18H2,1-2H3;1-2,5-6H,(H,7,8)(H,9,10)/t23-,24+,25+,31-,32-;/m0./s1.